The Morgan fingerprint density at radius 2 is 1.62 bits per heavy atom. The number of aromatic nitrogens is 3. The van der Waals surface area contributed by atoms with Gasteiger partial charge in [0.15, 0.2) is 5.65 Å². The highest BCUT2D eigenvalue weighted by Gasteiger charge is 2.23. The van der Waals surface area contributed by atoms with Crippen LogP contribution in [0.25, 0.3) is 27.8 Å². The normalized spacial score (nSPS) is 11.3. The third kappa shape index (κ3) is 3.00. The van der Waals surface area contributed by atoms with E-state index in [4.69, 9.17) is 46.4 Å². The lowest BCUT2D eigenvalue weighted by Gasteiger charge is -2.09. The number of hydrogen-bond acceptors (Lipinski definition) is 2. The highest BCUT2D eigenvalue weighted by molar-refractivity contribution is 9.10. The highest BCUT2D eigenvalue weighted by atomic mass is 79.9. The van der Waals surface area contributed by atoms with Gasteiger partial charge in [-0.2, -0.15) is 0 Å². The van der Waals surface area contributed by atoms with E-state index >= 15 is 0 Å². The van der Waals surface area contributed by atoms with E-state index in [1.54, 1.807) is 22.8 Å². The molecule has 130 valence electrons. The zero-order valence-electron chi connectivity index (χ0n) is 12.9. The predicted molar refractivity (Wildman–Crippen MR) is 112 cm³/mol. The van der Waals surface area contributed by atoms with Crippen molar-refractivity contribution in [1.29, 1.82) is 0 Å². The van der Waals surface area contributed by atoms with E-state index in [-0.39, 0.29) is 0 Å². The topological polar surface area (TPSA) is 30.7 Å². The Bertz CT molecular complexity index is 1140. The molecule has 0 aliphatic carbocycles. The Morgan fingerprint density at radius 1 is 0.885 bits per heavy atom. The summed E-state index contributed by atoms with van der Waals surface area (Å²) in [4.78, 5) is 8.50. The minimum Gasteiger partial charge on any atom is -0.282 e. The molecule has 3 nitrogen and oxygen atoms in total. The Kier molecular flexibility index (Phi) is 4.88. The van der Waals surface area contributed by atoms with Crippen molar-refractivity contribution in [3.63, 3.8) is 0 Å². The van der Waals surface area contributed by atoms with Crippen LogP contribution in [0.3, 0.4) is 0 Å². The van der Waals surface area contributed by atoms with Gasteiger partial charge in [0.1, 0.15) is 16.6 Å². The molecule has 0 atom stereocenters. The molecule has 0 N–H and O–H groups in total. The second-order valence-electron chi connectivity index (χ2n) is 5.47. The number of hydrogen-bond donors (Lipinski definition) is 0. The average Bonchev–Trinajstić information content (AvgIpc) is 2.90. The smallest absolute Gasteiger partial charge is 0.151 e. The lowest BCUT2D eigenvalue weighted by atomic mass is 10.1. The summed E-state index contributed by atoms with van der Waals surface area (Å²) in [6.07, 6.45) is 1.40. The summed E-state index contributed by atoms with van der Waals surface area (Å²) in [5.41, 5.74) is 2.86. The van der Waals surface area contributed by atoms with Crippen molar-refractivity contribution < 1.29 is 0 Å². The van der Waals surface area contributed by atoms with Crippen molar-refractivity contribution in [3.8, 4) is 16.8 Å². The van der Waals surface area contributed by atoms with Crippen molar-refractivity contribution in [2.75, 3.05) is 0 Å². The van der Waals surface area contributed by atoms with Crippen LogP contribution in [0.2, 0.25) is 20.4 Å². The van der Waals surface area contributed by atoms with E-state index in [1.807, 2.05) is 24.3 Å². The fourth-order valence-corrected chi connectivity index (χ4v) is 4.17. The largest absolute Gasteiger partial charge is 0.282 e. The monoisotopic (exact) mass is 485 g/mol. The standard InChI is InChI=1S/C18H8BrCl4N3/c19-10-3-1-9(2-4-10)14-15-16(22)24-8-25-18(15)26(17(14)23)13-6-5-11(20)7-12(13)21/h1-8H. The van der Waals surface area contributed by atoms with Gasteiger partial charge < -0.3 is 0 Å². The fourth-order valence-electron chi connectivity index (χ4n) is 2.81. The lowest BCUT2D eigenvalue weighted by Crippen LogP contribution is -1.97. The summed E-state index contributed by atoms with van der Waals surface area (Å²) in [5.74, 6) is 0. The van der Waals surface area contributed by atoms with Gasteiger partial charge in [0.2, 0.25) is 0 Å². The summed E-state index contributed by atoms with van der Waals surface area (Å²) in [6, 6.07) is 12.9. The minimum atomic E-state index is 0.318. The number of fused-ring (bicyclic) bond motifs is 1. The zero-order valence-corrected chi connectivity index (χ0v) is 17.5. The van der Waals surface area contributed by atoms with Crippen molar-refractivity contribution in [2.45, 2.75) is 0 Å². The number of benzene rings is 2. The van der Waals surface area contributed by atoms with Crippen LogP contribution in [0, 0.1) is 0 Å². The quantitative estimate of drug-likeness (QED) is 0.275. The second kappa shape index (κ2) is 7.02. The van der Waals surface area contributed by atoms with Gasteiger partial charge in [-0.15, -0.1) is 0 Å². The summed E-state index contributed by atoms with van der Waals surface area (Å²) in [6.45, 7) is 0. The zero-order chi connectivity index (χ0) is 18.4. The van der Waals surface area contributed by atoms with Gasteiger partial charge in [-0.1, -0.05) is 74.5 Å². The van der Waals surface area contributed by atoms with Gasteiger partial charge >= 0.3 is 0 Å². The van der Waals surface area contributed by atoms with E-state index in [9.17, 15) is 0 Å². The second-order valence-corrected chi connectivity index (χ2v) is 7.94. The fraction of sp³-hybridized carbons (Fsp3) is 0. The SMILES string of the molecule is Clc1ccc(-n2c(Cl)c(-c3ccc(Br)cc3)c3c(Cl)ncnc32)c(Cl)c1. The van der Waals surface area contributed by atoms with Gasteiger partial charge in [0, 0.05) is 15.1 Å². The minimum absolute atomic E-state index is 0.318. The molecule has 0 unspecified atom stereocenters. The number of nitrogens with zero attached hydrogens (tertiary/aromatic N) is 3. The van der Waals surface area contributed by atoms with Crippen LogP contribution in [0.5, 0.6) is 0 Å². The molecule has 0 saturated heterocycles. The third-order valence-corrected chi connectivity index (χ3v) is 5.64. The first-order chi connectivity index (χ1) is 12.5. The van der Waals surface area contributed by atoms with Gasteiger partial charge in [0.05, 0.1) is 16.1 Å². The molecule has 0 spiro atoms. The Hall–Kier alpha value is -1.30. The van der Waals surface area contributed by atoms with Crippen LogP contribution < -0.4 is 0 Å². The molecule has 0 saturated carbocycles. The van der Waals surface area contributed by atoms with Gasteiger partial charge in [-0.05, 0) is 35.9 Å². The highest BCUT2D eigenvalue weighted by Crippen LogP contribution is 2.43. The van der Waals surface area contributed by atoms with E-state index < -0.39 is 0 Å². The van der Waals surface area contributed by atoms with Crippen LogP contribution in [-0.2, 0) is 0 Å². The maximum atomic E-state index is 6.78. The maximum absolute atomic E-state index is 6.78. The molecule has 0 aliphatic rings. The van der Waals surface area contributed by atoms with Crippen LogP contribution >= 0.6 is 62.3 Å². The first-order valence-corrected chi connectivity index (χ1v) is 9.69. The van der Waals surface area contributed by atoms with Gasteiger partial charge in [-0.3, -0.25) is 4.57 Å². The lowest BCUT2D eigenvalue weighted by molar-refractivity contribution is 1.08. The molecular formula is C18H8BrCl4N3. The molecule has 0 bridgehead atoms. The average molecular weight is 488 g/mol. The van der Waals surface area contributed by atoms with Crippen LogP contribution in [0.4, 0.5) is 0 Å². The third-order valence-electron chi connectivity index (χ3n) is 3.93. The molecule has 26 heavy (non-hydrogen) atoms. The molecule has 0 aliphatic heterocycles. The summed E-state index contributed by atoms with van der Waals surface area (Å²) < 4.78 is 2.71. The van der Waals surface area contributed by atoms with Crippen molar-refractivity contribution in [2.24, 2.45) is 0 Å². The van der Waals surface area contributed by atoms with E-state index in [0.717, 1.165) is 15.6 Å². The van der Waals surface area contributed by atoms with E-state index in [2.05, 4.69) is 25.9 Å². The van der Waals surface area contributed by atoms with Crippen LogP contribution in [-0.4, -0.2) is 14.5 Å². The Morgan fingerprint density at radius 3 is 2.31 bits per heavy atom. The maximum Gasteiger partial charge on any atom is 0.151 e. The van der Waals surface area contributed by atoms with Crippen molar-refractivity contribution >= 4 is 73.4 Å². The van der Waals surface area contributed by atoms with Crippen LogP contribution in [0.1, 0.15) is 0 Å². The van der Waals surface area contributed by atoms with Crippen molar-refractivity contribution in [3.05, 3.63) is 73.6 Å². The molecule has 4 aromatic rings. The molecule has 8 heteroatoms. The number of rotatable bonds is 2. The van der Waals surface area contributed by atoms with E-state index in [1.165, 1.54) is 6.33 Å². The Balaban J connectivity index is 2.11. The first-order valence-electron chi connectivity index (χ1n) is 7.39. The molecule has 0 amide bonds. The summed E-state index contributed by atoms with van der Waals surface area (Å²) in [5, 5.41) is 2.40. The van der Waals surface area contributed by atoms with Gasteiger partial charge in [-0.25, -0.2) is 9.97 Å². The van der Waals surface area contributed by atoms with Crippen molar-refractivity contribution in [1.82, 2.24) is 14.5 Å². The molecule has 0 fully saturated rings. The first kappa shape index (κ1) is 18.1. The molecule has 0 radical (unpaired) electrons. The molecular weight excluding hydrogens is 480 g/mol. The van der Waals surface area contributed by atoms with Gasteiger partial charge in [0.25, 0.3) is 0 Å². The molecule has 4 rings (SSSR count). The number of halogens is 5. The molecule has 2 aromatic heterocycles. The molecule has 2 aromatic carbocycles. The molecule has 2 heterocycles. The van der Waals surface area contributed by atoms with E-state index in [0.29, 0.717) is 37.1 Å². The predicted octanol–water partition coefficient (Wildman–Crippen LogP) is 7.46. The summed E-state index contributed by atoms with van der Waals surface area (Å²) >= 11 is 29.0. The summed E-state index contributed by atoms with van der Waals surface area (Å²) in [7, 11) is 0. The van der Waals surface area contributed by atoms with Crippen LogP contribution in [0.15, 0.2) is 53.3 Å². The Labute approximate surface area is 177 Å².